The van der Waals surface area contributed by atoms with Gasteiger partial charge in [0, 0.05) is 35.4 Å². The lowest BCUT2D eigenvalue weighted by molar-refractivity contribution is 0.0576. The second kappa shape index (κ2) is 4.85. The minimum atomic E-state index is 0.125. The maximum atomic E-state index is 12.8. The number of aromatic nitrogens is 1. The quantitative estimate of drug-likeness (QED) is 0.783. The zero-order valence-electron chi connectivity index (χ0n) is 12.0. The molecule has 1 aliphatic rings. The lowest BCUT2D eigenvalue weighted by atomic mass is 9.94. The topological polar surface area (TPSA) is 62.1 Å². The molecule has 1 aromatic carbocycles. The minimum Gasteiger partial charge on any atom is -0.399 e. The van der Waals surface area contributed by atoms with Gasteiger partial charge in [-0.25, -0.2) is 0 Å². The summed E-state index contributed by atoms with van der Waals surface area (Å²) < 4.78 is 0. The zero-order valence-corrected chi connectivity index (χ0v) is 12.0. The number of piperidine rings is 1. The van der Waals surface area contributed by atoms with Crippen LogP contribution in [0.1, 0.15) is 37.0 Å². The van der Waals surface area contributed by atoms with Crippen molar-refractivity contribution in [2.45, 2.75) is 32.7 Å². The first-order valence-electron chi connectivity index (χ1n) is 7.24. The Morgan fingerprint density at radius 1 is 1.35 bits per heavy atom. The van der Waals surface area contributed by atoms with Gasteiger partial charge in [0.2, 0.25) is 0 Å². The van der Waals surface area contributed by atoms with Crippen molar-refractivity contribution in [2.24, 2.45) is 5.92 Å². The molecule has 1 saturated heterocycles. The third kappa shape index (κ3) is 2.15. The molecule has 2 atom stereocenters. The first-order chi connectivity index (χ1) is 9.56. The van der Waals surface area contributed by atoms with E-state index in [9.17, 15) is 4.79 Å². The molecular formula is C16H21N3O. The highest BCUT2D eigenvalue weighted by molar-refractivity contribution is 6.07. The van der Waals surface area contributed by atoms with Crippen LogP contribution in [0.3, 0.4) is 0 Å². The molecule has 0 spiro atoms. The summed E-state index contributed by atoms with van der Waals surface area (Å²) >= 11 is 0. The molecule has 2 unspecified atom stereocenters. The van der Waals surface area contributed by atoms with Crippen molar-refractivity contribution in [1.29, 1.82) is 0 Å². The predicted octanol–water partition coefficient (Wildman–Crippen LogP) is 3.01. The number of hydrogen-bond donors (Lipinski definition) is 2. The fraction of sp³-hybridized carbons (Fsp3) is 0.438. The van der Waals surface area contributed by atoms with E-state index in [-0.39, 0.29) is 5.91 Å². The summed E-state index contributed by atoms with van der Waals surface area (Å²) in [5.74, 6) is 0.705. The van der Waals surface area contributed by atoms with Crippen LogP contribution < -0.4 is 5.73 Å². The number of H-pyrrole nitrogens is 1. The van der Waals surface area contributed by atoms with Crippen molar-refractivity contribution < 1.29 is 4.79 Å². The maximum absolute atomic E-state index is 12.8. The number of benzene rings is 1. The molecule has 0 saturated carbocycles. The van der Waals surface area contributed by atoms with Crippen LogP contribution in [0.4, 0.5) is 5.69 Å². The molecule has 1 amide bonds. The molecule has 4 heteroatoms. The Bertz CT molecular complexity index is 646. The second-order valence-corrected chi connectivity index (χ2v) is 6.00. The fourth-order valence-corrected chi connectivity index (χ4v) is 3.05. The zero-order chi connectivity index (χ0) is 14.3. The summed E-state index contributed by atoms with van der Waals surface area (Å²) in [5.41, 5.74) is 8.16. The van der Waals surface area contributed by atoms with E-state index < -0.39 is 0 Å². The Morgan fingerprint density at radius 3 is 2.95 bits per heavy atom. The summed E-state index contributed by atoms with van der Waals surface area (Å²) in [6.07, 6.45) is 4.09. The lowest BCUT2D eigenvalue weighted by Gasteiger charge is -2.36. The van der Waals surface area contributed by atoms with Gasteiger partial charge in [-0.1, -0.05) is 6.92 Å². The normalized spacial score (nSPS) is 23.2. The van der Waals surface area contributed by atoms with E-state index in [2.05, 4.69) is 18.8 Å². The summed E-state index contributed by atoms with van der Waals surface area (Å²) in [6, 6.07) is 5.95. The van der Waals surface area contributed by atoms with Gasteiger partial charge in [0.1, 0.15) is 0 Å². The molecule has 1 fully saturated rings. The Hall–Kier alpha value is -1.97. The largest absolute Gasteiger partial charge is 0.399 e. The number of nitrogens with zero attached hydrogens (tertiary/aromatic N) is 1. The Balaban J connectivity index is 1.96. The van der Waals surface area contributed by atoms with Crippen LogP contribution in [0.25, 0.3) is 10.9 Å². The fourth-order valence-electron chi connectivity index (χ4n) is 3.05. The minimum absolute atomic E-state index is 0.125. The van der Waals surface area contributed by atoms with Crippen LogP contribution in [-0.4, -0.2) is 28.4 Å². The molecule has 1 aromatic heterocycles. The molecule has 0 aliphatic carbocycles. The van der Waals surface area contributed by atoms with Gasteiger partial charge < -0.3 is 15.6 Å². The number of rotatable bonds is 1. The highest BCUT2D eigenvalue weighted by Gasteiger charge is 2.28. The number of nitrogens with one attached hydrogen (secondary N) is 1. The standard InChI is InChI=1S/C16H21N3O/c1-10-3-4-11(2)19(9-10)16(20)14-8-18-15-7-12(17)5-6-13(14)15/h5-8,10-11,18H,3-4,9,17H2,1-2H3. The van der Waals surface area contributed by atoms with Crippen molar-refractivity contribution in [3.8, 4) is 0 Å². The van der Waals surface area contributed by atoms with E-state index in [0.717, 1.165) is 29.4 Å². The highest BCUT2D eigenvalue weighted by Crippen LogP contribution is 2.27. The molecule has 3 N–H and O–H groups in total. The number of carbonyl (C=O) groups excluding carboxylic acids is 1. The Kier molecular flexibility index (Phi) is 3.16. The maximum Gasteiger partial charge on any atom is 0.256 e. The molecule has 4 nitrogen and oxygen atoms in total. The summed E-state index contributed by atoms with van der Waals surface area (Å²) in [4.78, 5) is 17.9. The van der Waals surface area contributed by atoms with E-state index >= 15 is 0 Å². The average molecular weight is 271 g/mol. The molecule has 20 heavy (non-hydrogen) atoms. The number of likely N-dealkylation sites (tertiary alicyclic amines) is 1. The molecule has 0 radical (unpaired) electrons. The monoisotopic (exact) mass is 271 g/mol. The van der Waals surface area contributed by atoms with E-state index in [1.54, 1.807) is 6.20 Å². The van der Waals surface area contributed by atoms with E-state index in [1.807, 2.05) is 23.1 Å². The number of aromatic amines is 1. The highest BCUT2D eigenvalue weighted by atomic mass is 16.2. The molecule has 2 heterocycles. The number of nitrogen functional groups attached to an aromatic ring is 1. The van der Waals surface area contributed by atoms with Crippen LogP contribution in [0.5, 0.6) is 0 Å². The predicted molar refractivity (Wildman–Crippen MR) is 81.6 cm³/mol. The number of hydrogen-bond acceptors (Lipinski definition) is 2. The summed E-state index contributed by atoms with van der Waals surface area (Å²) in [6.45, 7) is 5.19. The first kappa shape index (κ1) is 13.0. The van der Waals surface area contributed by atoms with Crippen LogP contribution >= 0.6 is 0 Å². The van der Waals surface area contributed by atoms with E-state index in [1.165, 1.54) is 6.42 Å². The average Bonchev–Trinajstić information content (AvgIpc) is 2.83. The van der Waals surface area contributed by atoms with Gasteiger partial charge in [0.25, 0.3) is 5.91 Å². The molecule has 1 aliphatic heterocycles. The molecule has 0 bridgehead atoms. The van der Waals surface area contributed by atoms with E-state index in [4.69, 9.17) is 5.73 Å². The van der Waals surface area contributed by atoms with Crippen LogP contribution in [0.2, 0.25) is 0 Å². The van der Waals surface area contributed by atoms with Crippen molar-refractivity contribution in [1.82, 2.24) is 9.88 Å². The smallest absolute Gasteiger partial charge is 0.256 e. The molecule has 3 rings (SSSR count). The van der Waals surface area contributed by atoms with Crippen LogP contribution in [0, 0.1) is 5.92 Å². The van der Waals surface area contributed by atoms with Crippen molar-refractivity contribution in [2.75, 3.05) is 12.3 Å². The number of carbonyl (C=O) groups is 1. The molecule has 106 valence electrons. The van der Waals surface area contributed by atoms with Crippen LogP contribution in [-0.2, 0) is 0 Å². The second-order valence-electron chi connectivity index (χ2n) is 6.00. The van der Waals surface area contributed by atoms with Crippen molar-refractivity contribution in [3.05, 3.63) is 30.0 Å². The van der Waals surface area contributed by atoms with Gasteiger partial charge in [-0.05, 0) is 43.9 Å². The number of fused-ring (bicyclic) bond motifs is 1. The summed E-state index contributed by atoms with van der Waals surface area (Å²) in [7, 11) is 0. The number of amides is 1. The molecule has 2 aromatic rings. The van der Waals surface area contributed by atoms with Crippen LogP contribution in [0.15, 0.2) is 24.4 Å². The van der Waals surface area contributed by atoms with Crippen molar-refractivity contribution >= 4 is 22.5 Å². The van der Waals surface area contributed by atoms with Gasteiger partial charge in [-0.3, -0.25) is 4.79 Å². The van der Waals surface area contributed by atoms with Gasteiger partial charge in [0.15, 0.2) is 0 Å². The number of nitrogens with two attached hydrogens (primary N) is 1. The van der Waals surface area contributed by atoms with Gasteiger partial charge in [-0.2, -0.15) is 0 Å². The Labute approximate surface area is 118 Å². The van der Waals surface area contributed by atoms with Crippen molar-refractivity contribution in [3.63, 3.8) is 0 Å². The van der Waals surface area contributed by atoms with Gasteiger partial charge in [-0.15, -0.1) is 0 Å². The van der Waals surface area contributed by atoms with Gasteiger partial charge >= 0.3 is 0 Å². The van der Waals surface area contributed by atoms with Gasteiger partial charge in [0.05, 0.1) is 5.56 Å². The third-order valence-electron chi connectivity index (χ3n) is 4.31. The SMILES string of the molecule is CC1CCC(C)N(C(=O)c2c[nH]c3cc(N)ccc23)C1. The lowest BCUT2D eigenvalue weighted by Crippen LogP contribution is -2.44. The third-order valence-corrected chi connectivity index (χ3v) is 4.31. The van der Waals surface area contributed by atoms with E-state index in [0.29, 0.717) is 17.6 Å². The summed E-state index contributed by atoms with van der Waals surface area (Å²) in [5, 5.41) is 0.953. The number of anilines is 1. The Morgan fingerprint density at radius 2 is 2.15 bits per heavy atom. The molecular weight excluding hydrogens is 250 g/mol. The first-order valence-corrected chi connectivity index (χ1v) is 7.24.